The normalized spacial score (nSPS) is 10.1. The van der Waals surface area contributed by atoms with E-state index in [1.54, 1.807) is 18.2 Å². The molecule has 0 fully saturated rings. The molecule has 4 nitrogen and oxygen atoms in total. The Labute approximate surface area is 84.6 Å². The zero-order valence-electron chi connectivity index (χ0n) is 6.69. The van der Waals surface area contributed by atoms with Crippen molar-refractivity contribution in [1.29, 1.82) is 0 Å². The van der Waals surface area contributed by atoms with Crippen molar-refractivity contribution >= 4 is 23.9 Å². The summed E-state index contributed by atoms with van der Waals surface area (Å²) in [7, 11) is 0. The fourth-order valence-corrected chi connectivity index (χ4v) is 1.31. The highest BCUT2D eigenvalue weighted by Gasteiger charge is 2.01. The van der Waals surface area contributed by atoms with Crippen LogP contribution in [-0.4, -0.2) is 5.26 Å². The third-order valence-corrected chi connectivity index (χ3v) is 1.92. The van der Waals surface area contributed by atoms with Crippen molar-refractivity contribution in [3.05, 3.63) is 28.8 Å². The van der Waals surface area contributed by atoms with E-state index in [9.17, 15) is 0 Å². The second-order valence-electron chi connectivity index (χ2n) is 2.20. The molecule has 1 N–H and O–H groups in total. The summed E-state index contributed by atoms with van der Waals surface area (Å²) in [4.78, 5) is 0. The highest BCUT2D eigenvalue weighted by atomic mass is 35.5. The Bertz CT molecular complexity index is 281. The van der Waals surface area contributed by atoms with Crippen LogP contribution in [0.15, 0.2) is 18.2 Å². The molecular formula is C7H7ClO4S. The minimum absolute atomic E-state index is 0.511. The van der Waals surface area contributed by atoms with Gasteiger partial charge in [0.1, 0.15) is 5.75 Å². The number of rotatable bonds is 4. The number of halogens is 1. The predicted octanol–water partition coefficient (Wildman–Crippen LogP) is 3.01. The maximum absolute atomic E-state index is 7.81. The number of hydrogen-bond acceptors (Lipinski definition) is 5. The van der Waals surface area contributed by atoms with E-state index in [0.29, 0.717) is 23.1 Å². The first kappa shape index (κ1) is 10.6. The zero-order valence-corrected chi connectivity index (χ0v) is 8.26. The minimum atomic E-state index is 0.511. The minimum Gasteiger partial charge on any atom is -0.398 e. The van der Waals surface area contributed by atoms with E-state index in [4.69, 9.17) is 21.0 Å². The van der Waals surface area contributed by atoms with Gasteiger partial charge in [0, 0.05) is 5.02 Å². The molecule has 6 heteroatoms. The van der Waals surface area contributed by atoms with Crippen molar-refractivity contribution in [1.82, 2.24) is 0 Å². The SMILES string of the molecule is Cc1cc(Cl)ccc1OSOOO. The van der Waals surface area contributed by atoms with E-state index in [-0.39, 0.29) is 0 Å². The Hall–Kier alpha value is -0.460. The Morgan fingerprint density at radius 2 is 2.23 bits per heavy atom. The quantitative estimate of drug-likeness (QED) is 0.367. The lowest BCUT2D eigenvalue weighted by atomic mass is 10.2. The maximum Gasteiger partial charge on any atom is 0.261 e. The highest BCUT2D eigenvalue weighted by molar-refractivity contribution is 7.90. The van der Waals surface area contributed by atoms with Gasteiger partial charge in [0.2, 0.25) is 0 Å². The van der Waals surface area contributed by atoms with Crippen LogP contribution in [0.3, 0.4) is 0 Å². The van der Waals surface area contributed by atoms with Crippen LogP contribution >= 0.6 is 23.9 Å². The molecule has 1 rings (SSSR count). The third-order valence-electron chi connectivity index (χ3n) is 1.32. The fraction of sp³-hybridized carbons (Fsp3) is 0.143. The van der Waals surface area contributed by atoms with E-state index < -0.39 is 0 Å². The summed E-state index contributed by atoms with van der Waals surface area (Å²) in [5.74, 6) is 0.589. The molecule has 1 aromatic carbocycles. The molecule has 0 radical (unpaired) electrons. The molecule has 0 aliphatic rings. The Morgan fingerprint density at radius 3 is 2.85 bits per heavy atom. The van der Waals surface area contributed by atoms with Crippen molar-refractivity contribution in [2.75, 3.05) is 0 Å². The Balaban J connectivity index is 2.56. The molecule has 0 aromatic heterocycles. The summed E-state index contributed by atoms with van der Waals surface area (Å²) in [6, 6.07) is 5.12. The fourth-order valence-electron chi connectivity index (χ4n) is 0.769. The van der Waals surface area contributed by atoms with Crippen LogP contribution in [0.4, 0.5) is 0 Å². The lowest BCUT2D eigenvalue weighted by Gasteiger charge is -2.04. The van der Waals surface area contributed by atoms with E-state index in [0.717, 1.165) is 5.56 Å². The van der Waals surface area contributed by atoms with E-state index in [1.807, 2.05) is 6.92 Å². The topological polar surface area (TPSA) is 47.9 Å². The van der Waals surface area contributed by atoms with Crippen LogP contribution in [0, 0.1) is 6.92 Å². The smallest absolute Gasteiger partial charge is 0.261 e. The zero-order chi connectivity index (χ0) is 9.68. The largest absolute Gasteiger partial charge is 0.398 e. The molecule has 0 saturated heterocycles. The Morgan fingerprint density at radius 1 is 1.46 bits per heavy atom. The second kappa shape index (κ2) is 5.31. The first-order chi connectivity index (χ1) is 6.24. The van der Waals surface area contributed by atoms with Crippen molar-refractivity contribution in [3.8, 4) is 5.75 Å². The molecule has 0 atom stereocenters. The average molecular weight is 223 g/mol. The van der Waals surface area contributed by atoms with Crippen molar-refractivity contribution in [2.24, 2.45) is 0 Å². The summed E-state index contributed by atoms with van der Waals surface area (Å²) in [5, 5.41) is 11.8. The molecule has 0 unspecified atom stereocenters. The van der Waals surface area contributed by atoms with Crippen LogP contribution in [0.5, 0.6) is 5.75 Å². The van der Waals surface area contributed by atoms with Gasteiger partial charge in [-0.15, -0.1) is 0 Å². The van der Waals surface area contributed by atoms with Gasteiger partial charge in [-0.3, -0.25) is 0 Å². The van der Waals surface area contributed by atoms with Gasteiger partial charge in [-0.05, 0) is 30.7 Å². The standard InChI is InChI=1S/C7H7ClO4S/c1-5-4-6(8)2-3-7(5)10-13-12-11-9/h2-4,9H,1H3. The maximum atomic E-state index is 7.81. The molecule has 0 aliphatic carbocycles. The molecule has 0 bridgehead atoms. The van der Waals surface area contributed by atoms with Crippen LogP contribution in [0.2, 0.25) is 5.02 Å². The van der Waals surface area contributed by atoms with Crippen LogP contribution in [0.25, 0.3) is 0 Å². The van der Waals surface area contributed by atoms with Crippen molar-refractivity contribution < 1.29 is 18.8 Å². The molecular weight excluding hydrogens is 216 g/mol. The summed E-state index contributed by atoms with van der Waals surface area (Å²) in [6.07, 6.45) is 0. The van der Waals surface area contributed by atoms with Crippen LogP contribution < -0.4 is 4.18 Å². The van der Waals surface area contributed by atoms with Crippen LogP contribution in [-0.2, 0) is 9.37 Å². The molecule has 1 aromatic rings. The van der Waals surface area contributed by atoms with Gasteiger partial charge in [0.05, 0.1) is 0 Å². The second-order valence-corrected chi connectivity index (χ2v) is 3.08. The summed E-state index contributed by atoms with van der Waals surface area (Å²) >= 11 is 6.23. The lowest BCUT2D eigenvalue weighted by Crippen LogP contribution is -1.87. The molecule has 0 heterocycles. The van der Waals surface area contributed by atoms with Gasteiger partial charge < -0.3 is 4.18 Å². The third kappa shape index (κ3) is 3.41. The molecule has 0 amide bonds. The summed E-state index contributed by atoms with van der Waals surface area (Å²) < 4.78 is 9.02. The average Bonchev–Trinajstić information content (AvgIpc) is 2.09. The van der Waals surface area contributed by atoms with Gasteiger partial charge in [0.25, 0.3) is 12.3 Å². The van der Waals surface area contributed by atoms with Crippen molar-refractivity contribution in [2.45, 2.75) is 6.92 Å². The summed E-state index contributed by atoms with van der Waals surface area (Å²) in [5.41, 5.74) is 0.863. The van der Waals surface area contributed by atoms with Gasteiger partial charge in [-0.1, -0.05) is 21.0 Å². The van der Waals surface area contributed by atoms with Crippen molar-refractivity contribution in [3.63, 3.8) is 0 Å². The van der Waals surface area contributed by atoms with E-state index >= 15 is 0 Å². The van der Waals surface area contributed by atoms with Gasteiger partial charge in [0.15, 0.2) is 0 Å². The molecule has 13 heavy (non-hydrogen) atoms. The van der Waals surface area contributed by atoms with E-state index in [1.165, 1.54) is 0 Å². The van der Waals surface area contributed by atoms with Gasteiger partial charge >= 0.3 is 0 Å². The first-order valence-corrected chi connectivity index (χ1v) is 4.36. The molecule has 0 spiro atoms. The highest BCUT2D eigenvalue weighted by Crippen LogP contribution is 2.24. The van der Waals surface area contributed by atoms with Crippen LogP contribution in [0.1, 0.15) is 5.56 Å². The summed E-state index contributed by atoms with van der Waals surface area (Å²) in [6.45, 7) is 1.83. The number of hydrogen-bond donors (Lipinski definition) is 1. The van der Waals surface area contributed by atoms with Gasteiger partial charge in [-0.2, -0.15) is 0 Å². The molecule has 0 aliphatic heterocycles. The number of aryl methyl sites for hydroxylation is 1. The lowest BCUT2D eigenvalue weighted by molar-refractivity contribution is -0.433. The predicted molar refractivity (Wildman–Crippen MR) is 49.2 cm³/mol. The monoisotopic (exact) mass is 222 g/mol. The Kier molecular flexibility index (Phi) is 4.34. The van der Waals surface area contributed by atoms with Gasteiger partial charge in [-0.25, -0.2) is 5.26 Å². The van der Waals surface area contributed by atoms with E-state index in [2.05, 4.69) is 9.37 Å². The first-order valence-electron chi connectivity index (χ1n) is 3.31. The molecule has 72 valence electrons. The molecule has 0 saturated carbocycles. The number of benzene rings is 1.